The molecule has 0 saturated carbocycles. The number of ether oxygens (including phenoxy) is 1. The first-order valence-electron chi connectivity index (χ1n) is 11.0. The van der Waals surface area contributed by atoms with E-state index in [-0.39, 0.29) is 0 Å². The van der Waals surface area contributed by atoms with Crippen LogP contribution >= 0.6 is 61.7 Å². The van der Waals surface area contributed by atoms with Gasteiger partial charge in [-0.25, -0.2) is 5.43 Å². The van der Waals surface area contributed by atoms with E-state index in [1.807, 2.05) is 30.3 Å². The molecule has 0 atom stereocenters. The van der Waals surface area contributed by atoms with Crippen molar-refractivity contribution in [3.05, 3.63) is 131 Å². The Morgan fingerprint density at radius 1 is 0.973 bits per heavy atom. The predicted octanol–water partition coefficient (Wildman–Crippen LogP) is 7.33. The van der Waals surface area contributed by atoms with Crippen molar-refractivity contribution in [3.8, 4) is 5.75 Å². The van der Waals surface area contributed by atoms with Gasteiger partial charge in [0.15, 0.2) is 5.60 Å². The molecule has 0 aliphatic carbocycles. The van der Waals surface area contributed by atoms with E-state index in [0.29, 0.717) is 33.5 Å². The Morgan fingerprint density at radius 3 is 2.16 bits per heavy atom. The minimum atomic E-state index is -1.91. The SMILES string of the molecule is O=C(N/N=C/c1cc(Br)c(OCc2ccc(Cl)c(Cl)c2)c(I)c1)C(O)(c1ccccc1)c1ccccc1. The van der Waals surface area contributed by atoms with Crippen molar-refractivity contribution in [2.45, 2.75) is 12.2 Å². The van der Waals surface area contributed by atoms with Crippen molar-refractivity contribution in [2.24, 2.45) is 5.10 Å². The summed E-state index contributed by atoms with van der Waals surface area (Å²) >= 11 is 17.8. The molecule has 0 spiro atoms. The smallest absolute Gasteiger partial charge is 0.281 e. The molecule has 0 fully saturated rings. The van der Waals surface area contributed by atoms with E-state index in [0.717, 1.165) is 19.2 Å². The molecule has 0 aliphatic heterocycles. The Morgan fingerprint density at radius 2 is 1.59 bits per heavy atom. The van der Waals surface area contributed by atoms with Crippen LogP contribution in [0.15, 0.2) is 101 Å². The molecule has 0 saturated heterocycles. The lowest BCUT2D eigenvalue weighted by Gasteiger charge is -2.27. The summed E-state index contributed by atoms with van der Waals surface area (Å²) in [6, 6.07) is 26.6. The van der Waals surface area contributed by atoms with Gasteiger partial charge >= 0.3 is 0 Å². The van der Waals surface area contributed by atoms with Crippen molar-refractivity contribution in [1.82, 2.24) is 5.43 Å². The molecule has 9 heteroatoms. The Labute approximate surface area is 246 Å². The number of amides is 1. The molecule has 5 nitrogen and oxygen atoms in total. The first-order valence-corrected chi connectivity index (χ1v) is 13.6. The van der Waals surface area contributed by atoms with Crippen LogP contribution in [0.4, 0.5) is 0 Å². The molecule has 1 amide bonds. The molecule has 0 bridgehead atoms. The number of hydrogen-bond acceptors (Lipinski definition) is 4. The van der Waals surface area contributed by atoms with Crippen molar-refractivity contribution < 1.29 is 14.6 Å². The second-order valence-electron chi connectivity index (χ2n) is 7.99. The van der Waals surface area contributed by atoms with E-state index in [9.17, 15) is 9.90 Å². The average Bonchev–Trinajstić information content (AvgIpc) is 2.90. The number of hydrogen-bond donors (Lipinski definition) is 2. The molecule has 37 heavy (non-hydrogen) atoms. The molecular formula is C28H20BrCl2IN2O3. The van der Waals surface area contributed by atoms with Crippen molar-refractivity contribution in [2.75, 3.05) is 0 Å². The van der Waals surface area contributed by atoms with Crippen molar-refractivity contribution in [3.63, 3.8) is 0 Å². The third-order valence-corrected chi connectivity index (χ3v) is 7.61. The topological polar surface area (TPSA) is 70.9 Å². The highest BCUT2D eigenvalue weighted by atomic mass is 127. The number of nitrogens with zero attached hydrogens (tertiary/aromatic N) is 1. The number of halogens is 4. The fourth-order valence-electron chi connectivity index (χ4n) is 3.61. The molecule has 2 N–H and O–H groups in total. The summed E-state index contributed by atoms with van der Waals surface area (Å²) in [4.78, 5) is 13.2. The fourth-order valence-corrected chi connectivity index (χ4v) is 5.70. The Hall–Kier alpha value is -2.43. The molecule has 0 aromatic heterocycles. The van der Waals surface area contributed by atoms with Crippen molar-refractivity contribution >= 4 is 73.8 Å². The zero-order valence-corrected chi connectivity index (χ0v) is 24.4. The Balaban J connectivity index is 1.49. The van der Waals surface area contributed by atoms with Crippen LogP contribution in [0.1, 0.15) is 22.3 Å². The first-order chi connectivity index (χ1) is 17.8. The zero-order valence-electron chi connectivity index (χ0n) is 19.2. The lowest BCUT2D eigenvalue weighted by molar-refractivity contribution is -0.136. The van der Waals surface area contributed by atoms with Crippen LogP contribution in [0.25, 0.3) is 0 Å². The lowest BCUT2D eigenvalue weighted by atomic mass is 9.85. The van der Waals surface area contributed by atoms with E-state index in [2.05, 4.69) is 49.0 Å². The molecule has 4 aromatic carbocycles. The van der Waals surface area contributed by atoms with Gasteiger partial charge in [0.2, 0.25) is 0 Å². The normalized spacial score (nSPS) is 11.5. The third kappa shape index (κ3) is 6.53. The first kappa shape index (κ1) is 27.6. The van der Waals surface area contributed by atoms with Crippen LogP contribution in [-0.4, -0.2) is 17.2 Å². The van der Waals surface area contributed by atoms with E-state index in [1.54, 1.807) is 60.7 Å². The van der Waals surface area contributed by atoms with E-state index in [4.69, 9.17) is 27.9 Å². The van der Waals surface area contributed by atoms with Crippen LogP contribution in [0, 0.1) is 3.57 Å². The van der Waals surface area contributed by atoms with Gasteiger partial charge in [-0.15, -0.1) is 0 Å². The maximum absolute atomic E-state index is 13.2. The maximum atomic E-state index is 13.2. The zero-order chi connectivity index (χ0) is 26.4. The predicted molar refractivity (Wildman–Crippen MR) is 159 cm³/mol. The highest BCUT2D eigenvalue weighted by Gasteiger charge is 2.39. The van der Waals surface area contributed by atoms with E-state index >= 15 is 0 Å². The van der Waals surface area contributed by atoms with Gasteiger partial charge in [-0.2, -0.15) is 5.10 Å². The van der Waals surface area contributed by atoms with Gasteiger partial charge in [0.25, 0.3) is 5.91 Å². The van der Waals surface area contributed by atoms with Gasteiger partial charge in [0.05, 0.1) is 24.3 Å². The number of nitrogens with one attached hydrogen (secondary N) is 1. The quantitative estimate of drug-likeness (QED) is 0.114. The molecule has 0 unspecified atom stereocenters. The third-order valence-electron chi connectivity index (χ3n) is 5.48. The van der Waals surface area contributed by atoms with Gasteiger partial charge in [-0.1, -0.05) is 89.9 Å². The summed E-state index contributed by atoms with van der Waals surface area (Å²) in [7, 11) is 0. The van der Waals surface area contributed by atoms with Crippen molar-refractivity contribution in [1.29, 1.82) is 0 Å². The highest BCUT2D eigenvalue weighted by Crippen LogP contribution is 2.33. The monoisotopic (exact) mass is 708 g/mol. The molecule has 0 radical (unpaired) electrons. The summed E-state index contributed by atoms with van der Waals surface area (Å²) in [5.74, 6) is -0.00752. The fraction of sp³-hybridized carbons (Fsp3) is 0.0714. The van der Waals surface area contributed by atoms with Gasteiger partial charge in [-0.3, -0.25) is 4.79 Å². The van der Waals surface area contributed by atoms with Gasteiger partial charge in [-0.05, 0) is 85.0 Å². The number of carbonyl (C=O) groups is 1. The number of rotatable bonds is 8. The van der Waals surface area contributed by atoms with Gasteiger partial charge in [0, 0.05) is 0 Å². The number of hydrazone groups is 1. The Bertz CT molecular complexity index is 1370. The minimum absolute atomic E-state index is 0.312. The standard InChI is InChI=1S/C28H20BrCl2IN2O3/c29-22-13-19(15-25(32)26(22)37-17-18-11-12-23(30)24(31)14-18)16-33-34-27(35)28(36,20-7-3-1-4-8-20)21-9-5-2-6-10-21/h1-16,36H,17H2,(H,34,35)/b33-16+. The van der Waals surface area contributed by atoms with Crippen LogP contribution in [0.5, 0.6) is 5.75 Å². The molecule has 0 aliphatic rings. The number of carbonyl (C=O) groups excluding carboxylic acids is 1. The van der Waals surface area contributed by atoms with Crippen LogP contribution in [-0.2, 0) is 17.0 Å². The maximum Gasteiger partial charge on any atom is 0.281 e. The summed E-state index contributed by atoms with van der Waals surface area (Å²) in [6.45, 7) is 0.312. The average molecular weight is 710 g/mol. The van der Waals surface area contributed by atoms with Gasteiger partial charge in [0.1, 0.15) is 12.4 Å². The minimum Gasteiger partial charge on any atom is -0.487 e. The largest absolute Gasteiger partial charge is 0.487 e. The summed E-state index contributed by atoms with van der Waals surface area (Å²) in [5, 5.41) is 16.6. The summed E-state index contributed by atoms with van der Waals surface area (Å²) < 4.78 is 7.54. The second-order valence-corrected chi connectivity index (χ2v) is 10.8. The van der Waals surface area contributed by atoms with Crippen LogP contribution in [0.3, 0.4) is 0 Å². The molecule has 188 valence electrons. The number of aliphatic hydroxyl groups is 1. The second kappa shape index (κ2) is 12.4. The van der Waals surface area contributed by atoms with Crippen LogP contribution < -0.4 is 10.2 Å². The molecule has 4 aromatic rings. The molecule has 4 rings (SSSR count). The van der Waals surface area contributed by atoms with Gasteiger partial charge < -0.3 is 9.84 Å². The highest BCUT2D eigenvalue weighted by molar-refractivity contribution is 14.1. The molecule has 0 heterocycles. The lowest BCUT2D eigenvalue weighted by Crippen LogP contribution is -2.43. The van der Waals surface area contributed by atoms with E-state index < -0.39 is 11.5 Å². The summed E-state index contributed by atoms with van der Waals surface area (Å²) in [5.41, 5.74) is 3.07. The molecular weight excluding hydrogens is 690 g/mol. The number of benzene rings is 4. The van der Waals surface area contributed by atoms with Crippen LogP contribution in [0.2, 0.25) is 10.0 Å². The summed E-state index contributed by atoms with van der Waals surface area (Å²) in [6.07, 6.45) is 1.50. The Kier molecular flexibility index (Phi) is 9.26. The van der Waals surface area contributed by atoms with E-state index in [1.165, 1.54) is 6.21 Å².